The summed E-state index contributed by atoms with van der Waals surface area (Å²) in [6, 6.07) is 0. The molecular formula is C20H39NO2. The third-order valence-electron chi connectivity index (χ3n) is 4.72. The maximum Gasteiger partial charge on any atom is 0.0685 e. The normalized spacial score (nSPS) is 21.4. The quantitative estimate of drug-likeness (QED) is 0.370. The molecule has 0 spiro atoms. The van der Waals surface area contributed by atoms with Crippen LogP contribution in [0.1, 0.15) is 86.0 Å². The predicted molar refractivity (Wildman–Crippen MR) is 98.5 cm³/mol. The van der Waals surface area contributed by atoms with Gasteiger partial charge >= 0.3 is 0 Å². The molecule has 136 valence electrons. The topological polar surface area (TPSA) is 21.7 Å². The molecule has 0 unspecified atom stereocenters. The molecule has 0 amide bonds. The fourth-order valence-corrected chi connectivity index (χ4v) is 3.88. The molecule has 0 aliphatic carbocycles. The molecular weight excluding hydrogens is 286 g/mol. The van der Waals surface area contributed by atoms with E-state index < -0.39 is 0 Å². The van der Waals surface area contributed by atoms with E-state index in [0.717, 1.165) is 25.9 Å². The molecule has 0 bridgehead atoms. The summed E-state index contributed by atoms with van der Waals surface area (Å²) in [6.07, 6.45) is 11.9. The van der Waals surface area contributed by atoms with Crippen LogP contribution >= 0.6 is 0 Å². The van der Waals surface area contributed by atoms with Crippen molar-refractivity contribution in [2.45, 2.75) is 103 Å². The van der Waals surface area contributed by atoms with Crippen LogP contribution in [0.4, 0.5) is 0 Å². The Balaban J connectivity index is 2.42. The number of hydrogen-bond donors (Lipinski definition) is 0. The molecule has 3 nitrogen and oxygen atoms in total. The van der Waals surface area contributed by atoms with Crippen LogP contribution in [0.15, 0.2) is 12.7 Å². The number of hydroxylamine groups is 2. The van der Waals surface area contributed by atoms with Crippen LogP contribution < -0.4 is 0 Å². The number of ether oxygens (including phenoxy) is 1. The van der Waals surface area contributed by atoms with E-state index in [2.05, 4.69) is 46.3 Å². The van der Waals surface area contributed by atoms with E-state index in [1.165, 1.54) is 32.1 Å². The first-order chi connectivity index (χ1) is 10.8. The molecule has 1 saturated heterocycles. The maximum atomic E-state index is 6.23. The minimum absolute atomic E-state index is 0.00417. The van der Waals surface area contributed by atoms with Gasteiger partial charge in [-0.3, -0.25) is 4.84 Å². The molecule has 1 aliphatic heterocycles. The summed E-state index contributed by atoms with van der Waals surface area (Å²) in [6.45, 7) is 16.5. The van der Waals surface area contributed by atoms with E-state index in [-0.39, 0.29) is 17.2 Å². The summed E-state index contributed by atoms with van der Waals surface area (Å²) >= 11 is 0. The van der Waals surface area contributed by atoms with Gasteiger partial charge in [0.15, 0.2) is 0 Å². The lowest BCUT2D eigenvalue weighted by molar-refractivity contribution is -0.294. The minimum Gasteiger partial charge on any atom is -0.374 e. The molecule has 0 saturated carbocycles. The minimum atomic E-state index is -0.00417. The van der Waals surface area contributed by atoms with Crippen LogP contribution in [-0.4, -0.2) is 35.5 Å². The van der Waals surface area contributed by atoms with Crippen LogP contribution in [-0.2, 0) is 9.57 Å². The Morgan fingerprint density at radius 2 is 1.57 bits per heavy atom. The Labute approximate surface area is 144 Å². The second-order valence-electron chi connectivity index (χ2n) is 8.17. The van der Waals surface area contributed by atoms with Crippen LogP contribution in [0.5, 0.6) is 0 Å². The highest BCUT2D eigenvalue weighted by Gasteiger charge is 2.46. The van der Waals surface area contributed by atoms with Crippen molar-refractivity contribution < 1.29 is 9.57 Å². The van der Waals surface area contributed by atoms with Crippen molar-refractivity contribution in [1.29, 1.82) is 0 Å². The summed E-state index contributed by atoms with van der Waals surface area (Å²) in [5, 5.41) is 2.24. The zero-order valence-corrected chi connectivity index (χ0v) is 16.2. The Morgan fingerprint density at radius 3 is 2.13 bits per heavy atom. The van der Waals surface area contributed by atoms with E-state index in [0.29, 0.717) is 6.61 Å². The van der Waals surface area contributed by atoms with Crippen LogP contribution in [0.25, 0.3) is 0 Å². The summed E-state index contributed by atoms with van der Waals surface area (Å²) < 4.78 is 5.93. The highest BCUT2D eigenvalue weighted by Crippen LogP contribution is 2.39. The Morgan fingerprint density at radius 1 is 1.00 bits per heavy atom. The first kappa shape index (κ1) is 20.7. The maximum absolute atomic E-state index is 6.23. The lowest BCUT2D eigenvalue weighted by Gasteiger charge is -2.53. The van der Waals surface area contributed by atoms with Crippen molar-refractivity contribution in [2.24, 2.45) is 0 Å². The third-order valence-corrected chi connectivity index (χ3v) is 4.72. The average molecular weight is 326 g/mol. The van der Waals surface area contributed by atoms with Crippen molar-refractivity contribution in [1.82, 2.24) is 5.06 Å². The lowest BCUT2D eigenvalue weighted by Crippen LogP contribution is -2.61. The van der Waals surface area contributed by atoms with Gasteiger partial charge in [-0.15, -0.1) is 6.58 Å². The Hall–Kier alpha value is -0.380. The van der Waals surface area contributed by atoms with Gasteiger partial charge in [-0.1, -0.05) is 45.1 Å². The van der Waals surface area contributed by atoms with Gasteiger partial charge in [0.2, 0.25) is 0 Å². The molecule has 1 heterocycles. The van der Waals surface area contributed by atoms with Crippen molar-refractivity contribution in [2.75, 3.05) is 13.2 Å². The first-order valence-corrected chi connectivity index (χ1v) is 9.49. The summed E-state index contributed by atoms with van der Waals surface area (Å²) in [4.78, 5) is 6.23. The van der Waals surface area contributed by atoms with Crippen LogP contribution in [0.3, 0.4) is 0 Å². The molecule has 1 rings (SSSR count). The van der Waals surface area contributed by atoms with Crippen molar-refractivity contribution in [3.05, 3.63) is 12.7 Å². The zero-order valence-electron chi connectivity index (χ0n) is 16.2. The molecule has 1 aliphatic rings. The second kappa shape index (κ2) is 9.80. The van der Waals surface area contributed by atoms with Gasteiger partial charge < -0.3 is 4.74 Å². The van der Waals surface area contributed by atoms with E-state index in [4.69, 9.17) is 9.57 Å². The molecule has 0 N–H and O–H groups in total. The highest BCUT2D eigenvalue weighted by atomic mass is 16.7. The summed E-state index contributed by atoms with van der Waals surface area (Å²) in [7, 11) is 0. The molecule has 0 aromatic carbocycles. The number of rotatable bonds is 11. The molecule has 0 radical (unpaired) electrons. The van der Waals surface area contributed by atoms with Gasteiger partial charge in [0.1, 0.15) is 0 Å². The largest absolute Gasteiger partial charge is 0.374 e. The first-order valence-electron chi connectivity index (χ1n) is 9.49. The van der Waals surface area contributed by atoms with Crippen molar-refractivity contribution in [3.8, 4) is 0 Å². The number of unbranched alkanes of at least 4 members (excludes halogenated alkanes) is 5. The van der Waals surface area contributed by atoms with Crippen LogP contribution in [0.2, 0.25) is 0 Å². The van der Waals surface area contributed by atoms with Gasteiger partial charge in [0.25, 0.3) is 0 Å². The standard InChI is InChI=1S/C20H39NO2/c1-7-9-10-11-12-13-15-23-21-19(3,4)16-18(22-14-8-2)17-20(21,5)6/h8,18H,2,7,9-17H2,1,3-6H3. The average Bonchev–Trinajstić information content (AvgIpc) is 2.45. The van der Waals surface area contributed by atoms with E-state index in [1.807, 2.05) is 6.08 Å². The Bertz CT molecular complexity index is 321. The van der Waals surface area contributed by atoms with Crippen molar-refractivity contribution >= 4 is 0 Å². The number of piperidine rings is 1. The summed E-state index contributed by atoms with van der Waals surface area (Å²) in [5.41, 5.74) is -0.00834. The lowest BCUT2D eigenvalue weighted by atomic mass is 9.80. The van der Waals surface area contributed by atoms with E-state index >= 15 is 0 Å². The summed E-state index contributed by atoms with van der Waals surface area (Å²) in [5.74, 6) is 0. The smallest absolute Gasteiger partial charge is 0.0685 e. The van der Waals surface area contributed by atoms with Gasteiger partial charge in [0.05, 0.1) is 19.3 Å². The monoisotopic (exact) mass is 325 g/mol. The van der Waals surface area contributed by atoms with Gasteiger partial charge in [-0.05, 0) is 47.0 Å². The number of nitrogens with zero attached hydrogens (tertiary/aromatic N) is 1. The highest BCUT2D eigenvalue weighted by molar-refractivity contribution is 4.97. The number of hydrogen-bond acceptors (Lipinski definition) is 3. The van der Waals surface area contributed by atoms with Crippen LogP contribution in [0, 0.1) is 0 Å². The molecule has 0 aromatic heterocycles. The van der Waals surface area contributed by atoms with Gasteiger partial charge in [-0.2, -0.15) is 5.06 Å². The predicted octanol–water partition coefficient (Wildman–Crippen LogP) is 5.50. The van der Waals surface area contributed by atoms with E-state index in [1.54, 1.807) is 0 Å². The SMILES string of the molecule is C=CCOC1CC(C)(C)N(OCCCCCCCC)C(C)(C)C1. The fourth-order valence-electron chi connectivity index (χ4n) is 3.88. The van der Waals surface area contributed by atoms with E-state index in [9.17, 15) is 0 Å². The third kappa shape index (κ3) is 6.94. The Kier molecular flexibility index (Phi) is 8.81. The molecule has 3 heteroatoms. The molecule has 1 fully saturated rings. The second-order valence-corrected chi connectivity index (χ2v) is 8.17. The zero-order chi connectivity index (χ0) is 17.3. The molecule has 0 atom stereocenters. The molecule has 0 aromatic rings. The van der Waals surface area contributed by atoms with Gasteiger partial charge in [0, 0.05) is 11.1 Å². The molecule has 23 heavy (non-hydrogen) atoms. The fraction of sp³-hybridized carbons (Fsp3) is 0.900. The van der Waals surface area contributed by atoms with Crippen molar-refractivity contribution in [3.63, 3.8) is 0 Å². The van der Waals surface area contributed by atoms with Gasteiger partial charge in [-0.25, -0.2) is 0 Å².